The number of hydrogen-bond acceptors (Lipinski definition) is 2. The summed E-state index contributed by atoms with van der Waals surface area (Å²) >= 11 is 0. The Bertz CT molecular complexity index is 330. The number of anilines is 1. The highest BCUT2D eigenvalue weighted by molar-refractivity contribution is 5.94. The van der Waals surface area contributed by atoms with Gasteiger partial charge in [0.25, 0.3) is 5.91 Å². The van der Waals surface area contributed by atoms with E-state index in [0.29, 0.717) is 0 Å². The molecule has 0 aromatic heterocycles. The Morgan fingerprint density at radius 2 is 1.67 bits per heavy atom. The van der Waals surface area contributed by atoms with Crippen LogP contribution in [0.2, 0.25) is 0 Å². The summed E-state index contributed by atoms with van der Waals surface area (Å²) in [4.78, 5) is 15.5. The highest BCUT2D eigenvalue weighted by atomic mass is 16.2. The maximum absolute atomic E-state index is 11.8. The third-order valence-electron chi connectivity index (χ3n) is 2.45. The van der Waals surface area contributed by atoms with Crippen molar-refractivity contribution in [1.29, 1.82) is 0 Å². The Morgan fingerprint density at radius 3 is 2.07 bits per heavy atom. The Labute approximate surface area is 91.3 Å². The van der Waals surface area contributed by atoms with Gasteiger partial charge in [0.2, 0.25) is 0 Å². The number of rotatable bonds is 3. The average Bonchev–Trinajstić information content (AvgIpc) is 2.27. The number of carbonyl (C=O) groups excluding carboxylic acids is 1. The maximum atomic E-state index is 11.8. The van der Waals surface area contributed by atoms with Crippen molar-refractivity contribution in [2.45, 2.75) is 6.92 Å². The summed E-state index contributed by atoms with van der Waals surface area (Å²) in [5.74, 6) is 0.0720. The molecule has 0 spiro atoms. The lowest BCUT2D eigenvalue weighted by atomic mass is 10.2. The molecule has 82 valence electrons. The van der Waals surface area contributed by atoms with Crippen LogP contribution in [0.1, 0.15) is 17.3 Å². The van der Waals surface area contributed by atoms with Gasteiger partial charge < -0.3 is 9.80 Å². The minimum atomic E-state index is 0.0720. The molecule has 0 aliphatic heterocycles. The van der Waals surface area contributed by atoms with Crippen LogP contribution in [0.3, 0.4) is 0 Å². The largest absolute Gasteiger partial charge is 0.378 e. The van der Waals surface area contributed by atoms with Gasteiger partial charge in [-0.05, 0) is 31.2 Å². The lowest BCUT2D eigenvalue weighted by molar-refractivity contribution is 0.0802. The standard InChI is InChI=1S/C12H18N2O/c1-5-14(4)12(15)10-6-8-11(9-7-10)13(2)3/h6-9H,5H2,1-4H3. The third-order valence-corrected chi connectivity index (χ3v) is 2.45. The zero-order chi connectivity index (χ0) is 11.4. The maximum Gasteiger partial charge on any atom is 0.253 e. The molecule has 3 nitrogen and oxygen atoms in total. The zero-order valence-corrected chi connectivity index (χ0v) is 9.82. The Kier molecular flexibility index (Phi) is 3.72. The van der Waals surface area contributed by atoms with Crippen LogP contribution in [0.25, 0.3) is 0 Å². The molecule has 0 heterocycles. The quantitative estimate of drug-likeness (QED) is 0.753. The molecule has 1 aromatic carbocycles. The lowest BCUT2D eigenvalue weighted by Crippen LogP contribution is -2.26. The molecule has 0 atom stereocenters. The smallest absolute Gasteiger partial charge is 0.253 e. The highest BCUT2D eigenvalue weighted by Crippen LogP contribution is 2.13. The van der Waals surface area contributed by atoms with Crippen molar-refractivity contribution in [2.75, 3.05) is 32.6 Å². The van der Waals surface area contributed by atoms with Crippen molar-refractivity contribution < 1.29 is 4.79 Å². The SMILES string of the molecule is CCN(C)C(=O)c1ccc(N(C)C)cc1. The Balaban J connectivity index is 2.84. The molecule has 0 fully saturated rings. The van der Waals surface area contributed by atoms with Crippen molar-refractivity contribution in [1.82, 2.24) is 4.90 Å². The molecule has 1 rings (SSSR count). The molecule has 1 amide bonds. The Hall–Kier alpha value is -1.51. The van der Waals surface area contributed by atoms with Crippen LogP contribution in [0.4, 0.5) is 5.69 Å². The average molecular weight is 206 g/mol. The fourth-order valence-corrected chi connectivity index (χ4v) is 1.27. The van der Waals surface area contributed by atoms with Crippen molar-refractivity contribution in [3.05, 3.63) is 29.8 Å². The van der Waals surface area contributed by atoms with E-state index in [9.17, 15) is 4.79 Å². The number of amides is 1. The van der Waals surface area contributed by atoms with E-state index < -0.39 is 0 Å². The summed E-state index contributed by atoms with van der Waals surface area (Å²) in [6, 6.07) is 7.64. The third kappa shape index (κ3) is 2.72. The predicted molar refractivity (Wildman–Crippen MR) is 63.4 cm³/mol. The number of nitrogens with zero attached hydrogens (tertiary/aromatic N) is 2. The molecular formula is C12H18N2O. The van der Waals surface area contributed by atoms with E-state index in [1.807, 2.05) is 57.2 Å². The first kappa shape index (κ1) is 11.6. The highest BCUT2D eigenvalue weighted by Gasteiger charge is 2.09. The van der Waals surface area contributed by atoms with Gasteiger partial charge >= 0.3 is 0 Å². The molecule has 0 aliphatic carbocycles. The van der Waals surface area contributed by atoms with Crippen LogP contribution < -0.4 is 4.90 Å². The summed E-state index contributed by atoms with van der Waals surface area (Å²) < 4.78 is 0. The molecule has 3 heteroatoms. The normalized spacial score (nSPS) is 9.87. The van der Waals surface area contributed by atoms with Gasteiger partial charge in [0.1, 0.15) is 0 Å². The zero-order valence-electron chi connectivity index (χ0n) is 9.82. The molecule has 0 aliphatic rings. The number of benzene rings is 1. The van der Waals surface area contributed by atoms with E-state index in [1.54, 1.807) is 4.90 Å². The second-order valence-corrected chi connectivity index (χ2v) is 3.76. The van der Waals surface area contributed by atoms with Gasteiger partial charge in [0.05, 0.1) is 0 Å². The first-order valence-electron chi connectivity index (χ1n) is 5.09. The monoisotopic (exact) mass is 206 g/mol. The van der Waals surface area contributed by atoms with E-state index in [2.05, 4.69) is 0 Å². The van der Waals surface area contributed by atoms with Gasteiger partial charge in [-0.2, -0.15) is 0 Å². The number of hydrogen-bond donors (Lipinski definition) is 0. The molecule has 15 heavy (non-hydrogen) atoms. The van der Waals surface area contributed by atoms with E-state index in [4.69, 9.17) is 0 Å². The predicted octanol–water partition coefficient (Wildman–Crippen LogP) is 1.84. The van der Waals surface area contributed by atoms with Gasteiger partial charge in [-0.15, -0.1) is 0 Å². The van der Waals surface area contributed by atoms with Gasteiger partial charge in [-0.1, -0.05) is 0 Å². The Morgan fingerprint density at radius 1 is 1.13 bits per heavy atom. The molecule has 0 bridgehead atoms. The molecule has 0 radical (unpaired) electrons. The molecule has 0 saturated heterocycles. The van der Waals surface area contributed by atoms with Crippen LogP contribution in [0.5, 0.6) is 0 Å². The molecule has 0 unspecified atom stereocenters. The van der Waals surface area contributed by atoms with E-state index in [1.165, 1.54) is 0 Å². The minimum Gasteiger partial charge on any atom is -0.378 e. The van der Waals surface area contributed by atoms with Crippen LogP contribution >= 0.6 is 0 Å². The summed E-state index contributed by atoms with van der Waals surface area (Å²) in [5.41, 5.74) is 1.84. The van der Waals surface area contributed by atoms with Crippen LogP contribution in [-0.4, -0.2) is 38.5 Å². The molecular weight excluding hydrogens is 188 g/mol. The lowest BCUT2D eigenvalue weighted by Gasteiger charge is -2.16. The van der Waals surface area contributed by atoms with Crippen molar-refractivity contribution in [2.24, 2.45) is 0 Å². The summed E-state index contributed by atoms with van der Waals surface area (Å²) in [7, 11) is 5.77. The number of carbonyl (C=O) groups is 1. The van der Waals surface area contributed by atoms with Crippen molar-refractivity contribution in [3.63, 3.8) is 0 Å². The fourth-order valence-electron chi connectivity index (χ4n) is 1.27. The minimum absolute atomic E-state index is 0.0720. The molecule has 0 saturated carbocycles. The second kappa shape index (κ2) is 4.82. The van der Waals surface area contributed by atoms with Crippen LogP contribution in [-0.2, 0) is 0 Å². The summed E-state index contributed by atoms with van der Waals surface area (Å²) in [5, 5.41) is 0. The molecule has 1 aromatic rings. The van der Waals surface area contributed by atoms with Gasteiger partial charge in [-0.3, -0.25) is 4.79 Å². The summed E-state index contributed by atoms with van der Waals surface area (Å²) in [6.07, 6.45) is 0. The van der Waals surface area contributed by atoms with Gasteiger partial charge in [0, 0.05) is 38.9 Å². The second-order valence-electron chi connectivity index (χ2n) is 3.76. The summed E-state index contributed by atoms with van der Waals surface area (Å²) in [6.45, 7) is 2.69. The van der Waals surface area contributed by atoms with Crippen LogP contribution in [0, 0.1) is 0 Å². The van der Waals surface area contributed by atoms with E-state index in [-0.39, 0.29) is 5.91 Å². The van der Waals surface area contributed by atoms with Crippen LogP contribution in [0.15, 0.2) is 24.3 Å². The van der Waals surface area contributed by atoms with Crippen molar-refractivity contribution >= 4 is 11.6 Å². The van der Waals surface area contributed by atoms with Crippen molar-refractivity contribution in [3.8, 4) is 0 Å². The topological polar surface area (TPSA) is 23.6 Å². The fraction of sp³-hybridized carbons (Fsp3) is 0.417. The first-order valence-corrected chi connectivity index (χ1v) is 5.09. The first-order chi connectivity index (χ1) is 7.06. The van der Waals surface area contributed by atoms with Gasteiger partial charge in [-0.25, -0.2) is 0 Å². The molecule has 0 N–H and O–H groups in total. The van der Waals surface area contributed by atoms with Gasteiger partial charge in [0.15, 0.2) is 0 Å². The van der Waals surface area contributed by atoms with E-state index >= 15 is 0 Å². The van der Waals surface area contributed by atoms with E-state index in [0.717, 1.165) is 17.8 Å².